The van der Waals surface area contributed by atoms with E-state index in [2.05, 4.69) is 38.2 Å². The van der Waals surface area contributed by atoms with Gasteiger partial charge in [0.1, 0.15) is 0 Å². The quantitative estimate of drug-likeness (QED) is 0.0353. The molecule has 0 atom stereocenters. The highest BCUT2D eigenvalue weighted by Gasteiger charge is 2.03. The first-order valence-electron chi connectivity index (χ1n) is 24.8. The van der Waals surface area contributed by atoms with E-state index in [0.717, 1.165) is 19.3 Å². The fourth-order valence-electron chi connectivity index (χ4n) is 7.64. The molecule has 0 radical (unpaired) electrons. The summed E-state index contributed by atoms with van der Waals surface area (Å²) < 4.78 is 5.47. The first-order valence-corrected chi connectivity index (χ1v) is 24.8. The Hall–Kier alpha value is -1.05. The molecule has 0 bridgehead atoms. The Morgan fingerprint density at radius 2 is 0.585 bits per heavy atom. The van der Waals surface area contributed by atoms with Gasteiger partial charge in [-0.05, 0) is 44.9 Å². The van der Waals surface area contributed by atoms with E-state index in [1.54, 1.807) is 0 Å². The van der Waals surface area contributed by atoms with Crippen LogP contribution in [-0.2, 0) is 9.53 Å². The molecule has 0 aliphatic carbocycles. The van der Waals surface area contributed by atoms with Crippen molar-refractivity contribution in [3.63, 3.8) is 0 Å². The van der Waals surface area contributed by atoms with Crippen molar-refractivity contribution in [3.05, 3.63) is 24.3 Å². The molecule has 0 rings (SSSR count). The summed E-state index contributed by atoms with van der Waals surface area (Å²) in [7, 11) is 0. The topological polar surface area (TPSA) is 26.3 Å². The van der Waals surface area contributed by atoms with E-state index >= 15 is 0 Å². The third-order valence-electron chi connectivity index (χ3n) is 11.3. The van der Waals surface area contributed by atoms with E-state index < -0.39 is 0 Å². The molecule has 0 aliphatic heterocycles. The zero-order valence-electron chi connectivity index (χ0n) is 36.7. The normalized spacial score (nSPS) is 11.8. The van der Waals surface area contributed by atoms with Crippen molar-refractivity contribution < 1.29 is 9.53 Å². The fraction of sp³-hybridized carbons (Fsp3) is 0.902. The third kappa shape index (κ3) is 48.9. The van der Waals surface area contributed by atoms with Crippen LogP contribution in [0.25, 0.3) is 0 Å². The molecule has 2 nitrogen and oxygen atoms in total. The van der Waals surface area contributed by atoms with E-state index in [1.165, 1.54) is 250 Å². The summed E-state index contributed by atoms with van der Waals surface area (Å²) in [6, 6.07) is 0. The van der Waals surface area contributed by atoms with Crippen molar-refractivity contribution >= 4 is 5.97 Å². The van der Waals surface area contributed by atoms with Crippen molar-refractivity contribution in [1.82, 2.24) is 0 Å². The predicted molar refractivity (Wildman–Crippen MR) is 239 cm³/mol. The molecular weight excluding hydrogens is 645 g/mol. The number of esters is 1. The smallest absolute Gasteiger partial charge is 0.305 e. The van der Waals surface area contributed by atoms with Crippen LogP contribution in [0.2, 0.25) is 0 Å². The number of allylic oxidation sites excluding steroid dienone is 4. The summed E-state index contributed by atoms with van der Waals surface area (Å²) in [6.45, 7) is 5.18. The molecule has 0 fully saturated rings. The largest absolute Gasteiger partial charge is 0.466 e. The first-order chi connectivity index (χ1) is 26.3. The van der Waals surface area contributed by atoms with Crippen LogP contribution in [0.5, 0.6) is 0 Å². The minimum absolute atomic E-state index is 0.0211. The van der Waals surface area contributed by atoms with Crippen molar-refractivity contribution in [2.45, 2.75) is 290 Å². The van der Waals surface area contributed by atoms with Crippen LogP contribution in [0.15, 0.2) is 24.3 Å². The molecule has 2 heteroatoms. The molecule has 314 valence electrons. The van der Waals surface area contributed by atoms with Crippen molar-refractivity contribution in [2.75, 3.05) is 6.61 Å². The van der Waals surface area contributed by atoms with Crippen LogP contribution >= 0.6 is 0 Å². The van der Waals surface area contributed by atoms with Gasteiger partial charge in [0.15, 0.2) is 0 Å². The van der Waals surface area contributed by atoms with Crippen LogP contribution in [-0.4, -0.2) is 12.6 Å². The molecule has 53 heavy (non-hydrogen) atoms. The Morgan fingerprint density at radius 1 is 0.321 bits per heavy atom. The average Bonchev–Trinajstić information content (AvgIpc) is 3.16. The van der Waals surface area contributed by atoms with Gasteiger partial charge < -0.3 is 4.74 Å². The second-order valence-electron chi connectivity index (χ2n) is 16.8. The molecule has 0 aromatic heterocycles. The van der Waals surface area contributed by atoms with Gasteiger partial charge in [0.05, 0.1) is 6.61 Å². The Bertz CT molecular complexity index is 724. The number of hydrogen-bond donors (Lipinski definition) is 0. The number of carbonyl (C=O) groups excluding carboxylic acids is 1. The Kier molecular flexibility index (Phi) is 48.0. The van der Waals surface area contributed by atoms with E-state index in [4.69, 9.17) is 4.74 Å². The fourth-order valence-corrected chi connectivity index (χ4v) is 7.64. The molecule has 0 unspecified atom stereocenters. The highest BCUT2D eigenvalue weighted by molar-refractivity contribution is 5.69. The number of unbranched alkanes of at least 4 members (excludes halogenated alkanes) is 38. The Labute approximate surface area is 335 Å². The highest BCUT2D eigenvalue weighted by atomic mass is 16.5. The molecule has 0 spiro atoms. The van der Waals surface area contributed by atoms with Gasteiger partial charge in [-0.25, -0.2) is 0 Å². The van der Waals surface area contributed by atoms with Crippen molar-refractivity contribution in [3.8, 4) is 0 Å². The standard InChI is InChI=1S/C51H98O2/c1-3-5-7-9-11-13-15-17-19-21-22-23-24-25-26-27-28-29-30-31-32-33-34-35-37-39-41-43-45-47-49-51(52)53-50-48-46-44-42-40-38-36-20-18-16-14-12-10-8-6-4-2/h12,14,18,20H,3-11,13,15-17,19,21-50H2,1-2H3/b14-12-,20-18-. The van der Waals surface area contributed by atoms with Gasteiger partial charge in [-0.2, -0.15) is 0 Å². The first kappa shape index (κ1) is 52.0. The SMILES string of the molecule is CCCCC/C=C\C/C=C\CCCCCCCCOC(=O)CCCCCCCCCCCCCCCCCCCCCCCCCCCCCCCC. The molecule has 0 aromatic carbocycles. The van der Waals surface area contributed by atoms with E-state index in [1.807, 2.05) is 0 Å². The van der Waals surface area contributed by atoms with Crippen LogP contribution < -0.4 is 0 Å². The predicted octanol–water partition coefficient (Wildman–Crippen LogP) is 18.5. The lowest BCUT2D eigenvalue weighted by Crippen LogP contribution is -2.05. The van der Waals surface area contributed by atoms with Gasteiger partial charge in [0.2, 0.25) is 0 Å². The average molecular weight is 743 g/mol. The molecule has 0 N–H and O–H groups in total. The van der Waals surface area contributed by atoms with Crippen LogP contribution in [0.3, 0.4) is 0 Å². The van der Waals surface area contributed by atoms with Crippen LogP contribution in [0.4, 0.5) is 0 Å². The Balaban J connectivity index is 3.17. The summed E-state index contributed by atoms with van der Waals surface area (Å²) >= 11 is 0. The van der Waals surface area contributed by atoms with Crippen LogP contribution in [0, 0.1) is 0 Å². The van der Waals surface area contributed by atoms with E-state index in [-0.39, 0.29) is 5.97 Å². The molecule has 0 heterocycles. The summed E-state index contributed by atoms with van der Waals surface area (Å²) in [6.07, 6.45) is 67.5. The number of ether oxygens (including phenoxy) is 1. The Morgan fingerprint density at radius 3 is 0.943 bits per heavy atom. The van der Waals surface area contributed by atoms with Gasteiger partial charge in [0, 0.05) is 6.42 Å². The third-order valence-corrected chi connectivity index (χ3v) is 11.3. The number of hydrogen-bond acceptors (Lipinski definition) is 2. The van der Waals surface area contributed by atoms with Gasteiger partial charge in [-0.1, -0.05) is 263 Å². The van der Waals surface area contributed by atoms with Gasteiger partial charge in [-0.3, -0.25) is 4.79 Å². The van der Waals surface area contributed by atoms with Crippen LogP contribution in [0.1, 0.15) is 290 Å². The lowest BCUT2D eigenvalue weighted by Gasteiger charge is -2.06. The highest BCUT2D eigenvalue weighted by Crippen LogP contribution is 2.17. The van der Waals surface area contributed by atoms with Gasteiger partial charge in [0.25, 0.3) is 0 Å². The molecular formula is C51H98O2. The zero-order valence-corrected chi connectivity index (χ0v) is 36.7. The maximum Gasteiger partial charge on any atom is 0.305 e. The second kappa shape index (κ2) is 49.0. The summed E-state index contributed by atoms with van der Waals surface area (Å²) in [5.74, 6) is 0.0211. The lowest BCUT2D eigenvalue weighted by molar-refractivity contribution is -0.143. The molecule has 0 saturated carbocycles. The molecule has 0 aliphatic rings. The zero-order chi connectivity index (χ0) is 38.2. The van der Waals surface area contributed by atoms with Crippen molar-refractivity contribution in [2.24, 2.45) is 0 Å². The minimum Gasteiger partial charge on any atom is -0.466 e. The lowest BCUT2D eigenvalue weighted by atomic mass is 10.0. The van der Waals surface area contributed by atoms with E-state index in [9.17, 15) is 4.79 Å². The maximum atomic E-state index is 12.0. The molecule has 0 saturated heterocycles. The number of rotatable bonds is 46. The van der Waals surface area contributed by atoms with Gasteiger partial charge >= 0.3 is 5.97 Å². The summed E-state index contributed by atoms with van der Waals surface area (Å²) in [4.78, 5) is 12.0. The monoisotopic (exact) mass is 743 g/mol. The van der Waals surface area contributed by atoms with Gasteiger partial charge in [-0.15, -0.1) is 0 Å². The molecule has 0 aromatic rings. The maximum absolute atomic E-state index is 12.0. The molecule has 0 amide bonds. The van der Waals surface area contributed by atoms with Crippen molar-refractivity contribution in [1.29, 1.82) is 0 Å². The second-order valence-corrected chi connectivity index (χ2v) is 16.8. The van der Waals surface area contributed by atoms with E-state index in [0.29, 0.717) is 13.0 Å². The summed E-state index contributed by atoms with van der Waals surface area (Å²) in [5.41, 5.74) is 0. The minimum atomic E-state index is 0.0211. The summed E-state index contributed by atoms with van der Waals surface area (Å²) in [5, 5.41) is 0. The number of carbonyl (C=O) groups is 1.